The minimum atomic E-state index is -3.59. The van der Waals surface area contributed by atoms with Gasteiger partial charge < -0.3 is 4.74 Å². The van der Waals surface area contributed by atoms with Crippen molar-refractivity contribution in [2.24, 2.45) is 11.8 Å². The molecule has 2 aromatic rings. The molecule has 30 heavy (non-hydrogen) atoms. The van der Waals surface area contributed by atoms with E-state index in [0.29, 0.717) is 0 Å². The SMILES string of the molecule is CCC[C@H]1CC[C@H](CCc2ccc(C(F)(F)Oc3ccc(C#N)c(F)c3)cc2)CC1. The normalized spacial score (nSPS) is 19.3. The average Bonchev–Trinajstić information content (AvgIpc) is 2.74. The zero-order chi connectivity index (χ0) is 21.6. The minimum Gasteiger partial charge on any atom is -0.429 e. The smallest absolute Gasteiger partial charge is 0.426 e. The molecule has 0 aliphatic heterocycles. The summed E-state index contributed by atoms with van der Waals surface area (Å²) in [5.74, 6) is 0.412. The summed E-state index contributed by atoms with van der Waals surface area (Å²) in [7, 11) is 0. The van der Waals surface area contributed by atoms with Crippen molar-refractivity contribution in [2.45, 2.75) is 64.4 Å². The number of hydrogen-bond donors (Lipinski definition) is 0. The highest BCUT2D eigenvalue weighted by molar-refractivity contribution is 5.37. The maximum atomic E-state index is 14.5. The van der Waals surface area contributed by atoms with Crippen molar-refractivity contribution in [3.8, 4) is 11.8 Å². The Labute approximate surface area is 176 Å². The molecule has 0 amide bonds. The standard InChI is InChI=1S/C25H28F3NO/c1-2-3-18-4-6-19(7-5-18)8-9-20-10-13-22(14-11-20)25(27,28)30-23-15-12-21(17-29)24(26)16-23/h10-16,18-19H,2-9H2,1H3/t18-,19-. The zero-order valence-electron chi connectivity index (χ0n) is 17.3. The van der Waals surface area contributed by atoms with E-state index in [1.165, 1.54) is 56.7 Å². The molecule has 0 saturated heterocycles. The van der Waals surface area contributed by atoms with Gasteiger partial charge in [0.1, 0.15) is 17.6 Å². The molecular weight excluding hydrogens is 387 g/mol. The summed E-state index contributed by atoms with van der Waals surface area (Å²) in [5, 5.41) is 8.73. The van der Waals surface area contributed by atoms with Gasteiger partial charge in [-0.1, -0.05) is 57.6 Å². The number of nitrogens with zero attached hydrogens (tertiary/aromatic N) is 1. The monoisotopic (exact) mass is 415 g/mol. The predicted octanol–water partition coefficient (Wildman–Crippen LogP) is 7.36. The third-order valence-corrected chi connectivity index (χ3v) is 6.10. The van der Waals surface area contributed by atoms with Crippen LogP contribution in [0, 0.1) is 29.0 Å². The van der Waals surface area contributed by atoms with Gasteiger partial charge in [0.15, 0.2) is 0 Å². The molecule has 160 valence electrons. The van der Waals surface area contributed by atoms with E-state index in [-0.39, 0.29) is 16.9 Å². The molecule has 1 fully saturated rings. The second-order valence-corrected chi connectivity index (χ2v) is 8.28. The lowest BCUT2D eigenvalue weighted by Crippen LogP contribution is -2.22. The van der Waals surface area contributed by atoms with Crippen LogP contribution in [0.1, 0.15) is 68.6 Å². The maximum absolute atomic E-state index is 14.5. The number of hydrogen-bond acceptors (Lipinski definition) is 2. The number of rotatable bonds is 8. The highest BCUT2D eigenvalue weighted by Gasteiger charge is 2.34. The van der Waals surface area contributed by atoms with E-state index in [9.17, 15) is 13.2 Å². The summed E-state index contributed by atoms with van der Waals surface area (Å²) < 4.78 is 47.2. The van der Waals surface area contributed by atoms with Crippen LogP contribution in [0.15, 0.2) is 42.5 Å². The molecule has 0 unspecified atom stereocenters. The van der Waals surface area contributed by atoms with Crippen molar-refractivity contribution in [3.63, 3.8) is 0 Å². The third kappa shape index (κ3) is 5.78. The topological polar surface area (TPSA) is 33.0 Å². The number of halogens is 3. The van der Waals surface area contributed by atoms with Gasteiger partial charge in [-0.05, 0) is 54.5 Å². The number of ether oxygens (including phenoxy) is 1. The first kappa shape index (κ1) is 22.2. The molecule has 0 atom stereocenters. The summed E-state index contributed by atoms with van der Waals surface area (Å²) in [6, 6.07) is 10.9. The van der Waals surface area contributed by atoms with E-state index < -0.39 is 11.9 Å². The first-order valence-corrected chi connectivity index (χ1v) is 10.8. The van der Waals surface area contributed by atoms with Crippen LogP contribution in [0.25, 0.3) is 0 Å². The van der Waals surface area contributed by atoms with Crippen LogP contribution in [-0.4, -0.2) is 0 Å². The summed E-state index contributed by atoms with van der Waals surface area (Å²) in [4.78, 5) is 0. The van der Waals surface area contributed by atoms with Gasteiger partial charge >= 0.3 is 6.11 Å². The Kier molecular flexibility index (Phi) is 7.42. The molecule has 2 nitrogen and oxygen atoms in total. The van der Waals surface area contributed by atoms with Crippen molar-refractivity contribution in [2.75, 3.05) is 0 Å². The first-order valence-electron chi connectivity index (χ1n) is 10.8. The highest BCUT2D eigenvalue weighted by atomic mass is 19.3. The van der Waals surface area contributed by atoms with Crippen molar-refractivity contribution < 1.29 is 17.9 Å². The predicted molar refractivity (Wildman–Crippen MR) is 111 cm³/mol. The van der Waals surface area contributed by atoms with Crippen molar-refractivity contribution in [3.05, 3.63) is 65.0 Å². The molecular formula is C25H28F3NO. The highest BCUT2D eigenvalue weighted by Crippen LogP contribution is 2.35. The largest absolute Gasteiger partial charge is 0.429 e. The van der Waals surface area contributed by atoms with Gasteiger partial charge in [-0.25, -0.2) is 4.39 Å². The van der Waals surface area contributed by atoms with Gasteiger partial charge in [0.05, 0.1) is 11.1 Å². The Morgan fingerprint density at radius 1 is 1.00 bits per heavy atom. The Bertz CT molecular complexity index is 865. The lowest BCUT2D eigenvalue weighted by atomic mass is 9.78. The molecule has 1 aliphatic carbocycles. The van der Waals surface area contributed by atoms with Gasteiger partial charge in [0, 0.05) is 6.07 Å². The Hall–Kier alpha value is -2.48. The Balaban J connectivity index is 1.54. The molecule has 2 aromatic carbocycles. The van der Waals surface area contributed by atoms with Crippen LogP contribution >= 0.6 is 0 Å². The summed E-state index contributed by atoms with van der Waals surface area (Å²) in [6.07, 6.45) is 6.16. The van der Waals surface area contributed by atoms with Gasteiger partial charge in [0.2, 0.25) is 0 Å². The van der Waals surface area contributed by atoms with Gasteiger partial charge in [-0.2, -0.15) is 14.0 Å². The molecule has 0 bridgehead atoms. The molecule has 1 saturated carbocycles. The fourth-order valence-corrected chi connectivity index (χ4v) is 4.31. The number of aryl methyl sites for hydroxylation is 1. The molecule has 0 heterocycles. The lowest BCUT2D eigenvalue weighted by molar-refractivity contribution is -0.185. The van der Waals surface area contributed by atoms with Crippen molar-refractivity contribution >= 4 is 0 Å². The van der Waals surface area contributed by atoms with Crippen LogP contribution in [0.5, 0.6) is 5.75 Å². The molecule has 0 radical (unpaired) electrons. The number of alkyl halides is 2. The second kappa shape index (κ2) is 10.0. The van der Waals surface area contributed by atoms with Crippen LogP contribution in [0.3, 0.4) is 0 Å². The maximum Gasteiger partial charge on any atom is 0.426 e. The van der Waals surface area contributed by atoms with Crippen molar-refractivity contribution in [1.29, 1.82) is 5.26 Å². The van der Waals surface area contributed by atoms with E-state index in [4.69, 9.17) is 10.00 Å². The van der Waals surface area contributed by atoms with Crippen molar-refractivity contribution in [1.82, 2.24) is 0 Å². The lowest BCUT2D eigenvalue weighted by Gasteiger charge is -2.28. The van der Waals surface area contributed by atoms with Gasteiger partial charge in [-0.3, -0.25) is 0 Å². The molecule has 0 aromatic heterocycles. The number of benzene rings is 2. The summed E-state index contributed by atoms with van der Waals surface area (Å²) in [6.45, 7) is 2.24. The quantitative estimate of drug-likeness (QED) is 0.451. The van der Waals surface area contributed by atoms with Crippen LogP contribution < -0.4 is 4.74 Å². The molecule has 0 N–H and O–H groups in total. The van der Waals surface area contributed by atoms with E-state index in [2.05, 4.69) is 6.92 Å². The summed E-state index contributed by atoms with van der Waals surface area (Å²) in [5.41, 5.74) is 0.541. The fourth-order valence-electron chi connectivity index (χ4n) is 4.31. The fraction of sp³-hybridized carbons (Fsp3) is 0.480. The molecule has 3 rings (SSSR count). The van der Waals surface area contributed by atoms with Crippen LogP contribution in [0.4, 0.5) is 13.2 Å². The third-order valence-electron chi connectivity index (χ3n) is 6.10. The van der Waals surface area contributed by atoms with Gasteiger partial charge in [0.25, 0.3) is 0 Å². The van der Waals surface area contributed by atoms with Gasteiger partial charge in [-0.15, -0.1) is 0 Å². The van der Waals surface area contributed by atoms with Crippen LogP contribution in [0.2, 0.25) is 0 Å². The van der Waals surface area contributed by atoms with E-state index >= 15 is 0 Å². The zero-order valence-corrected chi connectivity index (χ0v) is 17.3. The van der Waals surface area contributed by atoms with E-state index in [1.807, 2.05) is 0 Å². The number of nitriles is 1. The van der Waals surface area contributed by atoms with E-state index in [0.717, 1.165) is 42.4 Å². The average molecular weight is 415 g/mol. The molecule has 1 aliphatic rings. The molecule has 0 spiro atoms. The first-order chi connectivity index (χ1) is 14.4. The van der Waals surface area contributed by atoms with Crippen LogP contribution in [-0.2, 0) is 12.5 Å². The second-order valence-electron chi connectivity index (χ2n) is 8.28. The summed E-state index contributed by atoms with van der Waals surface area (Å²) >= 11 is 0. The minimum absolute atomic E-state index is 0.214. The van der Waals surface area contributed by atoms with E-state index in [1.54, 1.807) is 18.2 Å². The Morgan fingerprint density at radius 2 is 1.63 bits per heavy atom. The Morgan fingerprint density at radius 3 is 2.20 bits per heavy atom. The molecule has 5 heteroatoms.